The molecule has 0 N–H and O–H groups in total. The lowest BCUT2D eigenvalue weighted by atomic mass is 9.89. The minimum atomic E-state index is -0.0698. The average molecular weight is 254 g/mol. The highest BCUT2D eigenvalue weighted by atomic mass is 35.5. The summed E-state index contributed by atoms with van der Waals surface area (Å²) in [6, 6.07) is 3.52. The predicted molar refractivity (Wildman–Crippen MR) is 65.6 cm³/mol. The van der Waals surface area contributed by atoms with Gasteiger partial charge in [-0.3, -0.25) is 4.79 Å². The Kier molecular flexibility index (Phi) is 4.37. The largest absolute Gasteiger partial charge is 0.461 e. The highest BCUT2D eigenvalue weighted by molar-refractivity contribution is 6.29. The Morgan fingerprint density at radius 1 is 1.35 bits per heavy atom. The van der Waals surface area contributed by atoms with Crippen molar-refractivity contribution >= 4 is 17.6 Å². The van der Waals surface area contributed by atoms with Crippen molar-refractivity contribution in [3.05, 3.63) is 29.0 Å². The van der Waals surface area contributed by atoms with E-state index in [9.17, 15) is 4.79 Å². The Morgan fingerprint density at radius 2 is 2.12 bits per heavy atom. The van der Waals surface area contributed by atoms with Gasteiger partial charge in [0, 0.05) is 11.8 Å². The quantitative estimate of drug-likeness (QED) is 0.613. The number of halogens is 1. The van der Waals surface area contributed by atoms with Gasteiger partial charge in [-0.05, 0) is 18.9 Å². The van der Waals surface area contributed by atoms with Gasteiger partial charge in [0.2, 0.25) is 0 Å². The molecule has 0 bridgehead atoms. The summed E-state index contributed by atoms with van der Waals surface area (Å²) in [7, 11) is 0. The minimum Gasteiger partial charge on any atom is -0.461 e. The third kappa shape index (κ3) is 3.70. The van der Waals surface area contributed by atoms with Crippen LogP contribution in [0.15, 0.2) is 18.3 Å². The number of rotatable bonds is 3. The molecule has 4 heteroatoms. The predicted octanol–water partition coefficient (Wildman–Crippen LogP) is 3.36. The second-order valence-corrected chi connectivity index (χ2v) is 4.82. The van der Waals surface area contributed by atoms with E-state index in [0.29, 0.717) is 11.8 Å². The van der Waals surface area contributed by atoms with Gasteiger partial charge in [-0.25, -0.2) is 4.98 Å². The molecule has 2 rings (SSSR count). The second kappa shape index (κ2) is 6.01. The minimum absolute atomic E-state index is 0.0698. The Hall–Kier alpha value is -1.09. The van der Waals surface area contributed by atoms with Crippen LogP contribution in [0.3, 0.4) is 0 Å². The van der Waals surface area contributed by atoms with Gasteiger partial charge in [0.1, 0.15) is 11.8 Å². The van der Waals surface area contributed by atoms with Crippen molar-refractivity contribution in [1.82, 2.24) is 4.98 Å². The number of hydrogen-bond acceptors (Lipinski definition) is 3. The van der Waals surface area contributed by atoms with E-state index in [1.165, 1.54) is 6.42 Å². The summed E-state index contributed by atoms with van der Waals surface area (Å²) in [6.45, 7) is 0.291. The first-order chi connectivity index (χ1) is 8.25. The molecule has 3 nitrogen and oxygen atoms in total. The molecular formula is C13H16ClNO2. The smallest absolute Gasteiger partial charge is 0.309 e. The first-order valence-corrected chi connectivity index (χ1v) is 6.40. The molecule has 92 valence electrons. The summed E-state index contributed by atoms with van der Waals surface area (Å²) in [4.78, 5) is 15.7. The molecule has 0 unspecified atom stereocenters. The number of carbonyl (C=O) groups is 1. The van der Waals surface area contributed by atoms with Crippen LogP contribution in [-0.2, 0) is 16.1 Å². The number of carbonyl (C=O) groups excluding carboxylic acids is 1. The molecule has 1 aromatic heterocycles. The van der Waals surface area contributed by atoms with Gasteiger partial charge in [0.25, 0.3) is 0 Å². The van der Waals surface area contributed by atoms with E-state index in [2.05, 4.69) is 4.98 Å². The van der Waals surface area contributed by atoms with Gasteiger partial charge in [0.15, 0.2) is 0 Å². The van der Waals surface area contributed by atoms with E-state index in [0.717, 1.165) is 31.2 Å². The number of pyridine rings is 1. The van der Waals surface area contributed by atoms with Crippen molar-refractivity contribution in [2.75, 3.05) is 0 Å². The fraction of sp³-hybridized carbons (Fsp3) is 0.538. The molecule has 0 radical (unpaired) electrons. The highest BCUT2D eigenvalue weighted by Crippen LogP contribution is 2.24. The van der Waals surface area contributed by atoms with E-state index in [1.807, 2.05) is 6.07 Å². The molecule has 1 aliphatic rings. The van der Waals surface area contributed by atoms with Gasteiger partial charge < -0.3 is 4.74 Å². The molecule has 0 amide bonds. The Morgan fingerprint density at radius 3 is 2.76 bits per heavy atom. The van der Waals surface area contributed by atoms with Crippen LogP contribution >= 0.6 is 11.6 Å². The highest BCUT2D eigenvalue weighted by Gasteiger charge is 2.22. The van der Waals surface area contributed by atoms with Crippen LogP contribution in [0.2, 0.25) is 5.15 Å². The zero-order chi connectivity index (χ0) is 12.1. The number of hydrogen-bond donors (Lipinski definition) is 0. The molecule has 1 aromatic rings. The van der Waals surface area contributed by atoms with Gasteiger partial charge >= 0.3 is 5.97 Å². The Labute approximate surface area is 106 Å². The van der Waals surface area contributed by atoms with Crippen molar-refractivity contribution in [3.63, 3.8) is 0 Å². The lowest BCUT2D eigenvalue weighted by Gasteiger charge is -2.19. The number of aromatic nitrogens is 1. The van der Waals surface area contributed by atoms with Crippen LogP contribution in [-0.4, -0.2) is 11.0 Å². The maximum absolute atomic E-state index is 11.8. The van der Waals surface area contributed by atoms with Crippen molar-refractivity contribution < 1.29 is 9.53 Å². The zero-order valence-electron chi connectivity index (χ0n) is 9.69. The molecule has 1 saturated carbocycles. The van der Waals surface area contributed by atoms with Crippen molar-refractivity contribution in [1.29, 1.82) is 0 Å². The third-order valence-corrected chi connectivity index (χ3v) is 3.33. The van der Waals surface area contributed by atoms with E-state index < -0.39 is 0 Å². The fourth-order valence-corrected chi connectivity index (χ4v) is 2.21. The Balaban J connectivity index is 1.81. The third-order valence-electron chi connectivity index (χ3n) is 3.11. The van der Waals surface area contributed by atoms with E-state index in [4.69, 9.17) is 16.3 Å². The normalized spacial score (nSPS) is 16.8. The van der Waals surface area contributed by atoms with Crippen LogP contribution in [0.5, 0.6) is 0 Å². The van der Waals surface area contributed by atoms with Crippen molar-refractivity contribution in [2.24, 2.45) is 5.92 Å². The number of ether oxygens (including phenoxy) is 1. The summed E-state index contributed by atoms with van der Waals surface area (Å²) >= 11 is 5.68. The fourth-order valence-electron chi connectivity index (χ4n) is 2.10. The molecule has 1 aliphatic carbocycles. The van der Waals surface area contributed by atoms with E-state index in [-0.39, 0.29) is 11.9 Å². The van der Waals surface area contributed by atoms with Crippen LogP contribution in [0, 0.1) is 5.92 Å². The van der Waals surface area contributed by atoms with Crippen LogP contribution < -0.4 is 0 Å². The topological polar surface area (TPSA) is 39.2 Å². The van der Waals surface area contributed by atoms with Gasteiger partial charge in [-0.1, -0.05) is 36.9 Å². The second-order valence-electron chi connectivity index (χ2n) is 4.43. The van der Waals surface area contributed by atoms with Gasteiger partial charge in [0.05, 0.1) is 5.92 Å². The average Bonchev–Trinajstić information content (AvgIpc) is 2.39. The summed E-state index contributed by atoms with van der Waals surface area (Å²) in [6.07, 6.45) is 7.10. The number of nitrogens with zero attached hydrogens (tertiary/aromatic N) is 1. The SMILES string of the molecule is O=C(OCc1ccc(Cl)nc1)C1CCCCC1. The molecule has 0 saturated heterocycles. The molecule has 0 aliphatic heterocycles. The van der Waals surface area contributed by atoms with Gasteiger partial charge in [-0.2, -0.15) is 0 Å². The lowest BCUT2D eigenvalue weighted by Crippen LogP contribution is -2.20. The van der Waals surface area contributed by atoms with Crippen LogP contribution in [0.1, 0.15) is 37.7 Å². The maximum Gasteiger partial charge on any atom is 0.309 e. The van der Waals surface area contributed by atoms with E-state index in [1.54, 1.807) is 12.3 Å². The molecule has 0 aromatic carbocycles. The first kappa shape index (κ1) is 12.4. The number of esters is 1. The van der Waals surface area contributed by atoms with Crippen LogP contribution in [0.4, 0.5) is 0 Å². The molecule has 0 spiro atoms. The lowest BCUT2D eigenvalue weighted by molar-refractivity contribution is -0.151. The Bertz CT molecular complexity index is 372. The molecular weight excluding hydrogens is 238 g/mol. The zero-order valence-corrected chi connectivity index (χ0v) is 10.4. The van der Waals surface area contributed by atoms with E-state index >= 15 is 0 Å². The summed E-state index contributed by atoms with van der Waals surface area (Å²) in [5, 5.41) is 0.451. The molecule has 1 heterocycles. The first-order valence-electron chi connectivity index (χ1n) is 6.03. The van der Waals surface area contributed by atoms with Crippen LogP contribution in [0.25, 0.3) is 0 Å². The maximum atomic E-state index is 11.8. The summed E-state index contributed by atoms with van der Waals surface area (Å²) in [5.41, 5.74) is 0.874. The molecule has 17 heavy (non-hydrogen) atoms. The molecule has 0 atom stereocenters. The van der Waals surface area contributed by atoms with Crippen molar-refractivity contribution in [3.8, 4) is 0 Å². The van der Waals surface area contributed by atoms with Gasteiger partial charge in [-0.15, -0.1) is 0 Å². The van der Waals surface area contributed by atoms with Crippen molar-refractivity contribution in [2.45, 2.75) is 38.7 Å². The monoisotopic (exact) mass is 253 g/mol. The molecule has 1 fully saturated rings. The summed E-state index contributed by atoms with van der Waals surface area (Å²) in [5.74, 6) is 0.0312. The standard InChI is InChI=1S/C13H16ClNO2/c14-12-7-6-10(8-15-12)9-17-13(16)11-4-2-1-3-5-11/h6-8,11H,1-5,9H2. The summed E-state index contributed by atoms with van der Waals surface area (Å²) < 4.78 is 5.29.